The van der Waals surface area contributed by atoms with Gasteiger partial charge in [-0.3, -0.25) is 9.59 Å². The monoisotopic (exact) mass is 381 g/mol. The van der Waals surface area contributed by atoms with E-state index in [0.29, 0.717) is 17.8 Å². The van der Waals surface area contributed by atoms with E-state index in [1.165, 1.54) is 11.3 Å². The van der Waals surface area contributed by atoms with E-state index < -0.39 is 11.9 Å². The van der Waals surface area contributed by atoms with Crippen molar-refractivity contribution in [3.63, 3.8) is 0 Å². The highest BCUT2D eigenvalue weighted by atomic mass is 32.1. The van der Waals surface area contributed by atoms with Crippen molar-refractivity contribution >= 4 is 49.2 Å². The predicted octanol–water partition coefficient (Wildman–Crippen LogP) is 3.53. The SMILES string of the molecule is CCN(CC)c1nc2sc(C(=O)N3CCC[C@H](C(=O)O)[C@@H]3C)cc2s1. The second-order valence-electron chi connectivity index (χ2n) is 6.27. The topological polar surface area (TPSA) is 73.7 Å². The number of carbonyl (C=O) groups is 2. The first-order chi connectivity index (χ1) is 12.0. The molecule has 3 heterocycles. The minimum atomic E-state index is -0.817. The largest absolute Gasteiger partial charge is 0.481 e. The molecule has 2 aromatic rings. The molecular weight excluding hydrogens is 358 g/mol. The van der Waals surface area contributed by atoms with Crippen LogP contribution in [0.2, 0.25) is 0 Å². The van der Waals surface area contributed by atoms with Crippen LogP contribution >= 0.6 is 22.7 Å². The van der Waals surface area contributed by atoms with Gasteiger partial charge in [0.1, 0.15) is 4.83 Å². The average Bonchev–Trinajstić information content (AvgIpc) is 3.14. The Hall–Kier alpha value is -1.67. The number of hydrogen-bond acceptors (Lipinski definition) is 6. The quantitative estimate of drug-likeness (QED) is 0.858. The third-order valence-electron chi connectivity index (χ3n) is 4.89. The first-order valence-corrected chi connectivity index (χ1v) is 10.3. The molecule has 1 fully saturated rings. The van der Waals surface area contributed by atoms with Gasteiger partial charge >= 0.3 is 5.97 Å². The van der Waals surface area contributed by atoms with Crippen LogP contribution in [-0.2, 0) is 4.79 Å². The highest BCUT2D eigenvalue weighted by Crippen LogP contribution is 2.36. The fraction of sp³-hybridized carbons (Fsp3) is 0.588. The molecule has 25 heavy (non-hydrogen) atoms. The van der Waals surface area contributed by atoms with E-state index in [4.69, 9.17) is 0 Å². The number of carboxylic acid groups (broad SMARTS) is 1. The first-order valence-electron chi connectivity index (χ1n) is 8.65. The number of thiazole rings is 1. The predicted molar refractivity (Wildman–Crippen MR) is 102 cm³/mol. The van der Waals surface area contributed by atoms with Gasteiger partial charge in [-0.1, -0.05) is 11.3 Å². The molecule has 1 amide bonds. The lowest BCUT2D eigenvalue weighted by atomic mass is 9.90. The van der Waals surface area contributed by atoms with E-state index in [1.54, 1.807) is 16.2 Å². The van der Waals surface area contributed by atoms with Gasteiger partial charge in [-0.25, -0.2) is 4.98 Å². The molecule has 6 nitrogen and oxygen atoms in total. The van der Waals surface area contributed by atoms with Crippen molar-refractivity contribution < 1.29 is 14.7 Å². The van der Waals surface area contributed by atoms with Crippen molar-refractivity contribution in [3.05, 3.63) is 10.9 Å². The van der Waals surface area contributed by atoms with Crippen LogP contribution in [0.4, 0.5) is 5.13 Å². The number of nitrogens with zero attached hydrogens (tertiary/aromatic N) is 3. The summed E-state index contributed by atoms with van der Waals surface area (Å²) in [6, 6.07) is 1.63. The molecule has 136 valence electrons. The van der Waals surface area contributed by atoms with Crippen LogP contribution in [0.25, 0.3) is 9.53 Å². The van der Waals surface area contributed by atoms with Crippen molar-refractivity contribution in [2.45, 2.75) is 39.7 Å². The highest BCUT2D eigenvalue weighted by Gasteiger charge is 2.36. The van der Waals surface area contributed by atoms with Gasteiger partial charge in [0.15, 0.2) is 5.13 Å². The molecule has 0 aliphatic carbocycles. The van der Waals surface area contributed by atoms with Crippen LogP contribution in [0.15, 0.2) is 6.07 Å². The Morgan fingerprint density at radius 2 is 2.08 bits per heavy atom. The van der Waals surface area contributed by atoms with E-state index in [9.17, 15) is 14.7 Å². The Morgan fingerprint density at radius 3 is 2.68 bits per heavy atom. The molecule has 1 N–H and O–H groups in total. The molecule has 8 heteroatoms. The number of carboxylic acids is 1. The summed E-state index contributed by atoms with van der Waals surface area (Å²) in [6.07, 6.45) is 1.37. The number of thiophene rings is 1. The summed E-state index contributed by atoms with van der Waals surface area (Å²) < 4.78 is 1.02. The molecule has 2 aromatic heterocycles. The minimum Gasteiger partial charge on any atom is -0.481 e. The average molecular weight is 382 g/mol. The third-order valence-corrected chi connectivity index (χ3v) is 7.10. The fourth-order valence-corrected chi connectivity index (χ4v) is 5.65. The number of carbonyl (C=O) groups excluding carboxylic acids is 1. The maximum Gasteiger partial charge on any atom is 0.308 e. The summed E-state index contributed by atoms with van der Waals surface area (Å²) in [7, 11) is 0. The van der Waals surface area contributed by atoms with Gasteiger partial charge < -0.3 is 14.9 Å². The smallest absolute Gasteiger partial charge is 0.308 e. The Labute approximate surface area is 155 Å². The fourth-order valence-electron chi connectivity index (χ4n) is 3.36. The van der Waals surface area contributed by atoms with Gasteiger partial charge in [0.05, 0.1) is 15.5 Å². The summed E-state index contributed by atoms with van der Waals surface area (Å²) in [6.45, 7) is 8.47. The van der Waals surface area contributed by atoms with Crippen LogP contribution in [0.3, 0.4) is 0 Å². The lowest BCUT2D eigenvalue weighted by molar-refractivity contribution is -0.144. The molecule has 1 aliphatic heterocycles. The molecule has 1 aliphatic rings. The summed E-state index contributed by atoms with van der Waals surface area (Å²) in [5, 5.41) is 10.3. The van der Waals surface area contributed by atoms with E-state index in [-0.39, 0.29) is 11.9 Å². The van der Waals surface area contributed by atoms with Crippen molar-refractivity contribution in [2.75, 3.05) is 24.5 Å². The lowest BCUT2D eigenvalue weighted by Crippen LogP contribution is -2.48. The molecular formula is C17H23N3O3S2. The van der Waals surface area contributed by atoms with Gasteiger partial charge in [-0.2, -0.15) is 0 Å². The zero-order valence-electron chi connectivity index (χ0n) is 14.7. The normalized spacial score (nSPS) is 20.8. The van der Waals surface area contributed by atoms with Crippen molar-refractivity contribution in [1.29, 1.82) is 0 Å². The standard InChI is InChI=1S/C17H23N3O3S2/c1-4-19(5-2)17-18-14-12(25-17)9-13(24-14)15(21)20-8-6-7-11(10(20)3)16(22)23/h9-11H,4-8H2,1-3H3,(H,22,23)/t10-,11-/m0/s1. The second kappa shape index (κ2) is 7.29. The van der Waals surface area contributed by atoms with E-state index in [0.717, 1.165) is 34.2 Å². The van der Waals surface area contributed by atoms with Gasteiger partial charge in [0.2, 0.25) is 0 Å². The van der Waals surface area contributed by atoms with Gasteiger partial charge in [0, 0.05) is 25.7 Å². The van der Waals surface area contributed by atoms with Crippen molar-refractivity contribution in [2.24, 2.45) is 5.92 Å². The summed E-state index contributed by atoms with van der Waals surface area (Å²) in [5.74, 6) is -1.37. The molecule has 0 saturated carbocycles. The third kappa shape index (κ3) is 3.37. The van der Waals surface area contributed by atoms with E-state index in [2.05, 4.69) is 23.7 Å². The Morgan fingerprint density at radius 1 is 1.36 bits per heavy atom. The zero-order chi connectivity index (χ0) is 18.1. The molecule has 0 spiro atoms. The zero-order valence-corrected chi connectivity index (χ0v) is 16.3. The number of hydrogen-bond donors (Lipinski definition) is 1. The Bertz CT molecular complexity index is 750. The number of fused-ring (bicyclic) bond motifs is 1. The molecule has 2 atom stereocenters. The molecule has 0 radical (unpaired) electrons. The number of aromatic nitrogens is 1. The number of piperidine rings is 1. The van der Waals surface area contributed by atoms with Crippen LogP contribution in [0.1, 0.15) is 43.3 Å². The molecule has 0 unspecified atom stereocenters. The Kier molecular flexibility index (Phi) is 5.29. The summed E-state index contributed by atoms with van der Waals surface area (Å²) in [5.41, 5.74) is 0. The molecule has 3 rings (SSSR count). The van der Waals surface area contributed by atoms with Crippen molar-refractivity contribution in [3.8, 4) is 0 Å². The molecule has 0 bridgehead atoms. The number of anilines is 1. The second-order valence-corrected chi connectivity index (χ2v) is 8.31. The van der Waals surface area contributed by atoms with Gasteiger partial charge in [-0.05, 0) is 39.7 Å². The maximum absolute atomic E-state index is 12.9. The first kappa shape index (κ1) is 18.1. The summed E-state index contributed by atoms with van der Waals surface area (Å²) >= 11 is 3.01. The number of amides is 1. The Balaban J connectivity index is 1.82. The lowest BCUT2D eigenvalue weighted by Gasteiger charge is -2.37. The maximum atomic E-state index is 12.9. The molecule has 0 aromatic carbocycles. The summed E-state index contributed by atoms with van der Waals surface area (Å²) in [4.78, 5) is 34.4. The van der Waals surface area contributed by atoms with Crippen LogP contribution in [0.5, 0.6) is 0 Å². The molecule has 1 saturated heterocycles. The van der Waals surface area contributed by atoms with Gasteiger partial charge in [0.25, 0.3) is 5.91 Å². The van der Waals surface area contributed by atoms with Crippen LogP contribution in [-0.4, -0.2) is 52.5 Å². The van der Waals surface area contributed by atoms with E-state index in [1.807, 2.05) is 13.0 Å². The van der Waals surface area contributed by atoms with Crippen molar-refractivity contribution in [1.82, 2.24) is 9.88 Å². The van der Waals surface area contributed by atoms with Crippen LogP contribution < -0.4 is 4.90 Å². The highest BCUT2D eigenvalue weighted by molar-refractivity contribution is 7.29. The van der Waals surface area contributed by atoms with Crippen LogP contribution in [0, 0.1) is 5.92 Å². The number of aliphatic carboxylic acids is 1. The minimum absolute atomic E-state index is 0.0713. The number of likely N-dealkylation sites (tertiary alicyclic amines) is 1. The van der Waals surface area contributed by atoms with E-state index >= 15 is 0 Å². The van der Waals surface area contributed by atoms with Gasteiger partial charge in [-0.15, -0.1) is 11.3 Å². The number of rotatable bonds is 5.